The number of benzene rings is 1. The Morgan fingerprint density at radius 1 is 1.17 bits per heavy atom. The molecule has 1 N–H and O–H groups in total. The fourth-order valence-corrected chi connectivity index (χ4v) is 4.94. The first-order valence-corrected chi connectivity index (χ1v) is 11.0. The normalized spacial score (nSPS) is 23.5. The predicted octanol–water partition coefficient (Wildman–Crippen LogP) is 2.91. The van der Waals surface area contributed by atoms with E-state index in [4.69, 9.17) is 4.74 Å². The van der Waals surface area contributed by atoms with Gasteiger partial charge in [-0.15, -0.1) is 0 Å². The molecular weight excluding hydrogens is 382 g/mol. The quantitative estimate of drug-likeness (QED) is 0.693. The van der Waals surface area contributed by atoms with E-state index in [1.165, 1.54) is 13.5 Å². The molecule has 30 heavy (non-hydrogen) atoms. The summed E-state index contributed by atoms with van der Waals surface area (Å²) in [6, 6.07) is 6.92. The first-order chi connectivity index (χ1) is 14.5. The van der Waals surface area contributed by atoms with Crippen molar-refractivity contribution in [2.45, 2.75) is 58.0 Å². The Labute approximate surface area is 178 Å². The lowest BCUT2D eigenvalue weighted by molar-refractivity contribution is -0.146. The summed E-state index contributed by atoms with van der Waals surface area (Å²) < 4.78 is 5.00. The zero-order valence-corrected chi connectivity index (χ0v) is 18.2. The predicted molar refractivity (Wildman–Crippen MR) is 115 cm³/mol. The van der Waals surface area contributed by atoms with E-state index in [9.17, 15) is 14.4 Å². The molecule has 3 rings (SSSR count). The molecule has 1 aromatic carbocycles. The first kappa shape index (κ1) is 22.3. The number of rotatable bonds is 7. The van der Waals surface area contributed by atoms with Crippen LogP contribution in [0.15, 0.2) is 24.3 Å². The van der Waals surface area contributed by atoms with Crippen LogP contribution in [-0.4, -0.2) is 66.4 Å². The molecule has 2 fully saturated rings. The van der Waals surface area contributed by atoms with Crippen molar-refractivity contribution in [3.8, 4) is 0 Å². The standard InChI is InChI=1S/C23H33N3O4/c1-4-25(5-2)22(28)17-10-8-11-18(13-17)24-21(27)15-26-19-12-7-6-9-16(19)14-20(26)23(29)30-3/h8,10-11,13,16,19-20H,4-7,9,12,14-15H2,1-3H3,(H,24,27). The molecule has 0 radical (unpaired) electrons. The Balaban J connectivity index is 1.69. The second-order valence-corrected chi connectivity index (χ2v) is 8.17. The molecule has 164 valence electrons. The zero-order chi connectivity index (χ0) is 21.7. The van der Waals surface area contributed by atoms with Gasteiger partial charge in [-0.3, -0.25) is 19.3 Å². The van der Waals surface area contributed by atoms with Crippen LogP contribution in [0.25, 0.3) is 0 Å². The summed E-state index contributed by atoms with van der Waals surface area (Å²) in [5.41, 5.74) is 1.14. The molecule has 1 saturated heterocycles. The Kier molecular flexibility index (Phi) is 7.48. The average molecular weight is 416 g/mol. The van der Waals surface area contributed by atoms with Crippen molar-refractivity contribution >= 4 is 23.5 Å². The summed E-state index contributed by atoms with van der Waals surface area (Å²) in [6.07, 6.45) is 5.19. The molecule has 1 heterocycles. The molecule has 3 atom stereocenters. The third-order valence-electron chi connectivity index (χ3n) is 6.46. The van der Waals surface area contributed by atoms with E-state index in [0.29, 0.717) is 30.3 Å². The highest BCUT2D eigenvalue weighted by Crippen LogP contribution is 2.39. The number of amides is 2. The summed E-state index contributed by atoms with van der Waals surface area (Å²) in [6.45, 7) is 5.31. The van der Waals surface area contributed by atoms with Crippen LogP contribution >= 0.6 is 0 Å². The van der Waals surface area contributed by atoms with Crippen LogP contribution in [0.4, 0.5) is 5.69 Å². The number of esters is 1. The second-order valence-electron chi connectivity index (χ2n) is 8.17. The van der Waals surface area contributed by atoms with Crippen molar-refractivity contribution in [1.82, 2.24) is 9.80 Å². The van der Waals surface area contributed by atoms with Gasteiger partial charge in [0.05, 0.1) is 13.7 Å². The Morgan fingerprint density at radius 2 is 1.90 bits per heavy atom. The van der Waals surface area contributed by atoms with Gasteiger partial charge in [-0.05, 0) is 57.2 Å². The van der Waals surface area contributed by atoms with Crippen LogP contribution in [0.2, 0.25) is 0 Å². The molecule has 0 spiro atoms. The van der Waals surface area contributed by atoms with E-state index in [1.807, 2.05) is 18.7 Å². The third kappa shape index (κ3) is 4.83. The number of fused-ring (bicyclic) bond motifs is 1. The van der Waals surface area contributed by atoms with Gasteiger partial charge < -0.3 is 15.0 Å². The van der Waals surface area contributed by atoms with Gasteiger partial charge >= 0.3 is 5.97 Å². The third-order valence-corrected chi connectivity index (χ3v) is 6.46. The van der Waals surface area contributed by atoms with Crippen LogP contribution in [0, 0.1) is 5.92 Å². The lowest BCUT2D eigenvalue weighted by Gasteiger charge is -2.32. The van der Waals surface area contributed by atoms with Crippen molar-refractivity contribution in [3.05, 3.63) is 29.8 Å². The topological polar surface area (TPSA) is 79.0 Å². The maximum Gasteiger partial charge on any atom is 0.323 e. The summed E-state index contributed by atoms with van der Waals surface area (Å²) in [4.78, 5) is 41.5. The van der Waals surface area contributed by atoms with E-state index in [1.54, 1.807) is 29.2 Å². The molecule has 3 unspecified atom stereocenters. The SMILES string of the molecule is CCN(CC)C(=O)c1cccc(NC(=O)CN2C(C(=O)OC)CC3CCCCC32)c1. The number of carbonyl (C=O) groups excluding carboxylic acids is 3. The fraction of sp³-hybridized carbons (Fsp3) is 0.609. The summed E-state index contributed by atoms with van der Waals surface area (Å²) in [5, 5.41) is 2.91. The van der Waals surface area contributed by atoms with Crippen molar-refractivity contribution < 1.29 is 19.1 Å². The molecule has 2 amide bonds. The van der Waals surface area contributed by atoms with Gasteiger partial charge in [0.2, 0.25) is 5.91 Å². The number of anilines is 1. The number of likely N-dealkylation sites (tertiary alicyclic amines) is 1. The van der Waals surface area contributed by atoms with Gasteiger partial charge in [0.15, 0.2) is 0 Å². The van der Waals surface area contributed by atoms with Gasteiger partial charge in [-0.1, -0.05) is 18.9 Å². The Hall–Kier alpha value is -2.41. The van der Waals surface area contributed by atoms with Crippen LogP contribution in [-0.2, 0) is 14.3 Å². The molecular formula is C23H33N3O4. The summed E-state index contributed by atoms with van der Waals surface area (Å²) in [5.74, 6) is -0.0382. The van der Waals surface area contributed by atoms with E-state index in [-0.39, 0.29) is 36.4 Å². The molecule has 1 aliphatic heterocycles. The molecule has 7 heteroatoms. The lowest BCUT2D eigenvalue weighted by atomic mass is 9.85. The largest absolute Gasteiger partial charge is 0.468 e. The van der Waals surface area contributed by atoms with Crippen LogP contribution in [0.3, 0.4) is 0 Å². The molecule has 7 nitrogen and oxygen atoms in total. The van der Waals surface area contributed by atoms with Gasteiger partial charge in [0.25, 0.3) is 5.91 Å². The van der Waals surface area contributed by atoms with Crippen molar-refractivity contribution in [2.24, 2.45) is 5.92 Å². The minimum Gasteiger partial charge on any atom is -0.468 e. The number of nitrogens with one attached hydrogen (secondary N) is 1. The Bertz CT molecular complexity index is 777. The summed E-state index contributed by atoms with van der Waals surface area (Å²) in [7, 11) is 1.40. The van der Waals surface area contributed by atoms with Crippen molar-refractivity contribution in [2.75, 3.05) is 32.1 Å². The Morgan fingerprint density at radius 3 is 2.60 bits per heavy atom. The molecule has 2 aliphatic rings. The van der Waals surface area contributed by atoms with Gasteiger partial charge in [-0.2, -0.15) is 0 Å². The number of carbonyl (C=O) groups is 3. The van der Waals surface area contributed by atoms with Crippen LogP contribution < -0.4 is 5.32 Å². The number of nitrogens with zero attached hydrogens (tertiary/aromatic N) is 2. The number of hydrogen-bond donors (Lipinski definition) is 1. The highest BCUT2D eigenvalue weighted by Gasteiger charge is 2.46. The van der Waals surface area contributed by atoms with Gasteiger partial charge in [-0.25, -0.2) is 0 Å². The van der Waals surface area contributed by atoms with Crippen molar-refractivity contribution in [3.63, 3.8) is 0 Å². The number of ether oxygens (including phenoxy) is 1. The molecule has 0 bridgehead atoms. The maximum absolute atomic E-state index is 12.8. The minimum atomic E-state index is -0.357. The van der Waals surface area contributed by atoms with Crippen LogP contribution in [0.5, 0.6) is 0 Å². The van der Waals surface area contributed by atoms with Crippen molar-refractivity contribution in [1.29, 1.82) is 0 Å². The van der Waals surface area contributed by atoms with Crippen LogP contribution in [0.1, 0.15) is 56.3 Å². The number of methoxy groups -OCH3 is 1. The summed E-state index contributed by atoms with van der Waals surface area (Å²) >= 11 is 0. The molecule has 0 aromatic heterocycles. The highest BCUT2D eigenvalue weighted by molar-refractivity contribution is 5.97. The van der Waals surface area contributed by atoms with Gasteiger partial charge in [0, 0.05) is 30.4 Å². The average Bonchev–Trinajstić information content (AvgIpc) is 3.12. The zero-order valence-electron chi connectivity index (χ0n) is 18.2. The minimum absolute atomic E-state index is 0.0496. The fourth-order valence-electron chi connectivity index (χ4n) is 4.94. The first-order valence-electron chi connectivity index (χ1n) is 11.0. The molecule has 1 aromatic rings. The van der Waals surface area contributed by atoms with E-state index >= 15 is 0 Å². The lowest BCUT2D eigenvalue weighted by Crippen LogP contribution is -2.46. The molecule has 1 aliphatic carbocycles. The smallest absolute Gasteiger partial charge is 0.323 e. The second kappa shape index (κ2) is 10.1. The maximum atomic E-state index is 12.8. The highest BCUT2D eigenvalue weighted by atomic mass is 16.5. The van der Waals surface area contributed by atoms with E-state index in [2.05, 4.69) is 5.32 Å². The van der Waals surface area contributed by atoms with Gasteiger partial charge in [0.1, 0.15) is 6.04 Å². The monoisotopic (exact) mass is 415 g/mol. The van der Waals surface area contributed by atoms with E-state index in [0.717, 1.165) is 25.7 Å². The number of hydrogen-bond acceptors (Lipinski definition) is 5. The van der Waals surface area contributed by atoms with E-state index < -0.39 is 0 Å². The molecule has 1 saturated carbocycles.